The van der Waals surface area contributed by atoms with E-state index in [9.17, 15) is 9.70 Å². The summed E-state index contributed by atoms with van der Waals surface area (Å²) in [4.78, 5) is 31.1. The molecule has 2 heterocycles. The van der Waals surface area contributed by atoms with Crippen molar-refractivity contribution in [1.29, 1.82) is 0 Å². The number of hydrogen-bond acceptors (Lipinski definition) is 5. The molecule has 0 saturated carbocycles. The van der Waals surface area contributed by atoms with Crippen LogP contribution in [-0.4, -0.2) is 29.3 Å². The van der Waals surface area contributed by atoms with Crippen LogP contribution in [0.2, 0.25) is 0 Å². The molecule has 150 valence electrons. The molecule has 0 spiro atoms. The van der Waals surface area contributed by atoms with Gasteiger partial charge in [-0.2, -0.15) is 0 Å². The van der Waals surface area contributed by atoms with Gasteiger partial charge in [-0.25, -0.2) is 0 Å². The van der Waals surface area contributed by atoms with Crippen LogP contribution in [-0.2, 0) is 11.2 Å². The van der Waals surface area contributed by atoms with Gasteiger partial charge < -0.3 is 11.5 Å². The maximum Gasteiger partial charge on any atom is 0.275 e. The SMILES string of the molecule is NCCCC[C@H](N)C(=O)C1CCCC2=C1c1c(c3c(c4c1C=NC=4)=CCC3)[N+]2=O. The van der Waals surface area contributed by atoms with Crippen LogP contribution in [0.3, 0.4) is 0 Å². The first-order valence-electron chi connectivity index (χ1n) is 10.8. The summed E-state index contributed by atoms with van der Waals surface area (Å²) in [6.45, 7) is 0.613. The lowest BCUT2D eigenvalue weighted by atomic mass is 9.77. The van der Waals surface area contributed by atoms with Gasteiger partial charge in [0, 0.05) is 45.7 Å². The first kappa shape index (κ1) is 18.6. The van der Waals surface area contributed by atoms with Crippen LogP contribution in [0.5, 0.6) is 0 Å². The number of rotatable bonds is 6. The molecular formula is C23H27N4O2+. The van der Waals surface area contributed by atoms with E-state index in [1.54, 1.807) is 0 Å². The van der Waals surface area contributed by atoms with Gasteiger partial charge in [0.1, 0.15) is 0 Å². The molecule has 6 nitrogen and oxygen atoms in total. The van der Waals surface area contributed by atoms with Crippen molar-refractivity contribution in [2.24, 2.45) is 22.4 Å². The lowest BCUT2D eigenvalue weighted by molar-refractivity contribution is -0.406. The third kappa shape index (κ3) is 2.69. The van der Waals surface area contributed by atoms with Crippen LogP contribution in [0.4, 0.5) is 5.69 Å². The van der Waals surface area contributed by atoms with E-state index in [4.69, 9.17) is 11.5 Å². The van der Waals surface area contributed by atoms with Gasteiger partial charge in [-0.1, -0.05) is 12.5 Å². The first-order chi connectivity index (χ1) is 14.1. The minimum atomic E-state index is -0.501. The van der Waals surface area contributed by atoms with Gasteiger partial charge >= 0.3 is 0 Å². The predicted octanol–water partition coefficient (Wildman–Crippen LogP) is 1.54. The van der Waals surface area contributed by atoms with Crippen molar-refractivity contribution in [2.75, 3.05) is 6.54 Å². The normalized spacial score (nSPS) is 22.0. The lowest BCUT2D eigenvalue weighted by Gasteiger charge is -2.23. The van der Waals surface area contributed by atoms with E-state index in [2.05, 4.69) is 11.1 Å². The van der Waals surface area contributed by atoms with E-state index >= 15 is 0 Å². The van der Waals surface area contributed by atoms with Crippen LogP contribution in [0.15, 0.2) is 10.7 Å². The summed E-state index contributed by atoms with van der Waals surface area (Å²) in [6.07, 6.45) is 12.5. The Labute approximate surface area is 169 Å². The Bertz CT molecular complexity index is 1110. The molecule has 4 N–H and O–H groups in total. The fourth-order valence-electron chi connectivity index (χ4n) is 5.46. The summed E-state index contributed by atoms with van der Waals surface area (Å²) in [5.41, 5.74) is 17.4. The average Bonchev–Trinajstić information content (AvgIpc) is 3.44. The molecule has 2 aliphatic heterocycles. The van der Waals surface area contributed by atoms with Crippen molar-refractivity contribution in [3.05, 3.63) is 37.7 Å². The molecule has 5 rings (SSSR count). The van der Waals surface area contributed by atoms with E-state index in [0.717, 1.165) is 87.4 Å². The van der Waals surface area contributed by atoms with Gasteiger partial charge in [0.25, 0.3) is 5.69 Å². The van der Waals surface area contributed by atoms with Crippen molar-refractivity contribution in [3.8, 4) is 0 Å². The largest absolute Gasteiger partial charge is 0.330 e. The molecule has 29 heavy (non-hydrogen) atoms. The smallest absolute Gasteiger partial charge is 0.275 e. The Morgan fingerprint density at radius 2 is 2.14 bits per heavy atom. The summed E-state index contributed by atoms with van der Waals surface area (Å²) in [6, 6.07) is -0.501. The number of nitrogens with zero attached hydrogens (tertiary/aromatic N) is 2. The van der Waals surface area contributed by atoms with E-state index in [-0.39, 0.29) is 11.7 Å². The maximum absolute atomic E-state index is 13.4. The minimum Gasteiger partial charge on any atom is -0.330 e. The fraction of sp³-hybridized carbons (Fsp3) is 0.478. The molecule has 0 aromatic heterocycles. The molecule has 0 saturated heterocycles. The van der Waals surface area contributed by atoms with Crippen LogP contribution in [0, 0.1) is 10.8 Å². The van der Waals surface area contributed by atoms with Gasteiger partial charge in [0.15, 0.2) is 5.78 Å². The number of allylic oxidation sites excluding steroid dienone is 2. The lowest BCUT2D eigenvalue weighted by Crippen LogP contribution is -2.37. The highest BCUT2D eigenvalue weighted by atomic mass is 16.3. The van der Waals surface area contributed by atoms with E-state index in [1.165, 1.54) is 0 Å². The summed E-state index contributed by atoms with van der Waals surface area (Å²) < 4.78 is 1.12. The Kier molecular flexibility index (Phi) is 4.56. The monoisotopic (exact) mass is 391 g/mol. The zero-order valence-electron chi connectivity index (χ0n) is 16.6. The highest BCUT2D eigenvalue weighted by Crippen LogP contribution is 2.50. The average molecular weight is 391 g/mol. The van der Waals surface area contributed by atoms with Crippen LogP contribution in [0.1, 0.15) is 61.6 Å². The Hall–Kier alpha value is -2.44. The molecule has 6 heteroatoms. The van der Waals surface area contributed by atoms with Gasteiger partial charge in [0.2, 0.25) is 5.70 Å². The number of benzene rings is 1. The zero-order valence-corrected chi connectivity index (χ0v) is 16.6. The highest BCUT2D eigenvalue weighted by molar-refractivity contribution is 6.04. The molecule has 1 unspecified atom stereocenters. The summed E-state index contributed by atoms with van der Waals surface area (Å²) >= 11 is 0. The second-order valence-corrected chi connectivity index (χ2v) is 8.49. The van der Waals surface area contributed by atoms with E-state index in [0.29, 0.717) is 19.4 Å². The zero-order chi connectivity index (χ0) is 20.1. The number of fused-ring (bicyclic) bond motifs is 7. The number of unbranched alkanes of at least 4 members (excludes halogenated alkanes) is 1. The summed E-state index contributed by atoms with van der Waals surface area (Å²) in [7, 11) is 0. The van der Waals surface area contributed by atoms with Crippen molar-refractivity contribution < 1.29 is 9.55 Å². The van der Waals surface area contributed by atoms with Gasteiger partial charge in [0.05, 0.1) is 22.3 Å². The standard InChI is InChI=1S/C23H27N4O2/c24-10-2-1-8-18(25)23(28)15-7-4-9-19-20(15)21-17-12-26-11-16(17)13-5-3-6-14(13)22(21)27(19)29/h5,11-12,15,18H,1-4,6-10,24-25H2/q+1/t15?,18-/m0/s1. The second kappa shape index (κ2) is 7.11. The number of Topliss-reactive ketones (excluding diaryl/α,β-unsaturated/α-hetero) is 1. The minimum absolute atomic E-state index is 0.0650. The quantitative estimate of drug-likeness (QED) is 0.567. The Morgan fingerprint density at radius 3 is 2.97 bits per heavy atom. The molecule has 0 amide bonds. The second-order valence-electron chi connectivity index (χ2n) is 8.49. The van der Waals surface area contributed by atoms with Gasteiger partial charge in [-0.15, -0.1) is 0 Å². The van der Waals surface area contributed by atoms with Crippen LogP contribution in [0.25, 0.3) is 17.8 Å². The first-order valence-corrected chi connectivity index (χ1v) is 10.8. The molecule has 0 fully saturated rings. The van der Waals surface area contributed by atoms with Gasteiger partial charge in [-0.3, -0.25) is 9.79 Å². The number of nitrogens with two attached hydrogens (primary N) is 2. The molecule has 0 radical (unpaired) electrons. The number of nitroso groups, excluding NO2 is 1. The molecule has 4 aliphatic rings. The van der Waals surface area contributed by atoms with E-state index < -0.39 is 6.04 Å². The van der Waals surface area contributed by atoms with Crippen molar-refractivity contribution >= 4 is 35.5 Å². The van der Waals surface area contributed by atoms with Crippen molar-refractivity contribution in [1.82, 2.24) is 0 Å². The topological polar surface area (TPSA) is 102 Å². The fourth-order valence-corrected chi connectivity index (χ4v) is 5.46. The molecule has 1 aromatic rings. The molecular weight excluding hydrogens is 364 g/mol. The highest BCUT2D eigenvalue weighted by Gasteiger charge is 2.49. The van der Waals surface area contributed by atoms with Crippen molar-refractivity contribution in [2.45, 2.75) is 57.4 Å². The van der Waals surface area contributed by atoms with Crippen LogP contribution >= 0.6 is 0 Å². The predicted molar refractivity (Wildman–Crippen MR) is 114 cm³/mol. The number of hydrogen-bond donors (Lipinski definition) is 2. The number of ketones is 1. The number of aliphatic imine (C=N–C) groups is 1. The maximum atomic E-state index is 13.4. The molecule has 1 aromatic carbocycles. The van der Waals surface area contributed by atoms with Gasteiger partial charge in [-0.05, 0) is 50.3 Å². The summed E-state index contributed by atoms with van der Waals surface area (Å²) in [5, 5.41) is 2.25. The summed E-state index contributed by atoms with van der Waals surface area (Å²) in [5.74, 6) is -0.235. The molecule has 0 bridgehead atoms. The Morgan fingerprint density at radius 1 is 1.28 bits per heavy atom. The van der Waals surface area contributed by atoms with E-state index in [1.807, 2.05) is 12.4 Å². The number of carbonyl (C=O) groups excluding carboxylic acids is 1. The molecule has 2 aliphatic carbocycles. The third-order valence-corrected chi connectivity index (χ3v) is 6.81. The Balaban J connectivity index is 1.61. The third-order valence-electron chi connectivity index (χ3n) is 6.81. The van der Waals surface area contributed by atoms with Crippen LogP contribution < -0.4 is 21.9 Å². The van der Waals surface area contributed by atoms with Crippen molar-refractivity contribution in [3.63, 3.8) is 0 Å². The molecule has 2 atom stereocenters. The number of carbonyl (C=O) groups is 1.